The predicted molar refractivity (Wildman–Crippen MR) is 111 cm³/mol. The van der Waals surface area contributed by atoms with Crippen LogP contribution in [-0.4, -0.2) is 29.0 Å². The molecule has 1 N–H and O–H groups in total. The van der Waals surface area contributed by atoms with E-state index in [1.165, 1.54) is 12.1 Å². The Hall–Kier alpha value is -3.65. The Bertz CT molecular complexity index is 1010. The number of carbonyl (C=O) groups is 1. The second kappa shape index (κ2) is 10.2. The summed E-state index contributed by atoms with van der Waals surface area (Å²) in [5, 5.41) is 13.6. The van der Waals surface area contributed by atoms with Crippen LogP contribution in [0.25, 0.3) is 0 Å². The van der Waals surface area contributed by atoms with Crippen LogP contribution in [0.2, 0.25) is 5.02 Å². The zero-order valence-electron chi connectivity index (χ0n) is 15.8. The van der Waals surface area contributed by atoms with Crippen LogP contribution in [0.3, 0.4) is 0 Å². The minimum atomic E-state index is -0.632. The lowest BCUT2D eigenvalue weighted by Crippen LogP contribution is -2.23. The Labute approximate surface area is 177 Å². The van der Waals surface area contributed by atoms with Crippen LogP contribution in [0.1, 0.15) is 15.9 Å². The predicted octanol–water partition coefficient (Wildman–Crippen LogP) is 4.03. The summed E-state index contributed by atoms with van der Waals surface area (Å²) < 4.78 is 11.1. The fourth-order valence-electron chi connectivity index (χ4n) is 2.50. The van der Waals surface area contributed by atoms with Gasteiger partial charge in [0.15, 0.2) is 0 Å². The number of aromatic nitrogens is 1. The second-order valence-corrected chi connectivity index (χ2v) is 6.53. The van der Waals surface area contributed by atoms with Gasteiger partial charge in [0.1, 0.15) is 24.0 Å². The molecule has 9 heteroatoms. The minimum absolute atomic E-state index is 0.0227. The number of carbonyl (C=O) groups excluding carboxylic acids is 1. The Balaban J connectivity index is 1.45. The van der Waals surface area contributed by atoms with E-state index in [0.29, 0.717) is 19.1 Å². The van der Waals surface area contributed by atoms with E-state index >= 15 is 0 Å². The average molecular weight is 428 g/mol. The van der Waals surface area contributed by atoms with Gasteiger partial charge in [0, 0.05) is 30.4 Å². The molecule has 0 radical (unpaired) electrons. The fourth-order valence-corrected chi connectivity index (χ4v) is 2.69. The summed E-state index contributed by atoms with van der Waals surface area (Å²) in [5.74, 6) is 0.759. The van der Waals surface area contributed by atoms with Crippen molar-refractivity contribution in [1.29, 1.82) is 0 Å². The van der Waals surface area contributed by atoms with Crippen molar-refractivity contribution in [3.63, 3.8) is 0 Å². The highest BCUT2D eigenvalue weighted by Crippen LogP contribution is 2.25. The maximum atomic E-state index is 12.2. The monoisotopic (exact) mass is 427 g/mol. The lowest BCUT2D eigenvalue weighted by atomic mass is 10.2. The molecule has 2 aromatic carbocycles. The van der Waals surface area contributed by atoms with Crippen LogP contribution in [0.4, 0.5) is 5.69 Å². The molecule has 30 heavy (non-hydrogen) atoms. The van der Waals surface area contributed by atoms with Gasteiger partial charge >= 0.3 is 0 Å². The summed E-state index contributed by atoms with van der Waals surface area (Å²) in [6.45, 7) is 0.934. The first kappa shape index (κ1) is 21.1. The van der Waals surface area contributed by atoms with Crippen molar-refractivity contribution in [3.05, 3.63) is 93.1 Å². The molecule has 0 atom stereocenters. The normalized spacial score (nSPS) is 10.3. The van der Waals surface area contributed by atoms with Crippen LogP contribution in [0, 0.1) is 10.1 Å². The number of benzene rings is 2. The van der Waals surface area contributed by atoms with Gasteiger partial charge in [-0.15, -0.1) is 0 Å². The van der Waals surface area contributed by atoms with Crippen molar-refractivity contribution in [2.45, 2.75) is 6.54 Å². The highest BCUT2D eigenvalue weighted by molar-refractivity contribution is 6.32. The Morgan fingerprint density at radius 3 is 2.53 bits per heavy atom. The standard InChI is InChI=1S/C21H18ClN3O5/c22-18-8-7-16(12-19(18)25(27)28)21(26)24-14-15-6-9-20(23-13-15)30-11-10-29-17-4-2-1-3-5-17/h1-9,12-13H,10-11,14H2,(H,24,26). The van der Waals surface area contributed by atoms with E-state index in [4.69, 9.17) is 21.1 Å². The van der Waals surface area contributed by atoms with Crippen molar-refractivity contribution in [2.75, 3.05) is 13.2 Å². The molecule has 8 nitrogen and oxygen atoms in total. The van der Waals surface area contributed by atoms with Gasteiger partial charge in [-0.05, 0) is 29.8 Å². The SMILES string of the molecule is O=C(NCc1ccc(OCCOc2ccccc2)nc1)c1ccc(Cl)c([N+](=O)[O-])c1. The molecular weight excluding hydrogens is 410 g/mol. The van der Waals surface area contributed by atoms with Gasteiger partial charge in [0.05, 0.1) is 4.92 Å². The zero-order chi connectivity index (χ0) is 21.3. The van der Waals surface area contributed by atoms with Gasteiger partial charge in [-0.2, -0.15) is 0 Å². The number of hydrogen-bond acceptors (Lipinski definition) is 6. The highest BCUT2D eigenvalue weighted by atomic mass is 35.5. The third kappa shape index (κ3) is 5.92. The number of amides is 1. The van der Waals surface area contributed by atoms with E-state index in [0.717, 1.165) is 17.4 Å². The van der Waals surface area contributed by atoms with Crippen LogP contribution in [0.5, 0.6) is 11.6 Å². The molecular formula is C21H18ClN3O5. The number of pyridine rings is 1. The van der Waals surface area contributed by atoms with Crippen LogP contribution < -0.4 is 14.8 Å². The summed E-state index contributed by atoms with van der Waals surface area (Å²) >= 11 is 5.76. The molecule has 0 saturated carbocycles. The van der Waals surface area contributed by atoms with Gasteiger partial charge in [0.25, 0.3) is 11.6 Å². The summed E-state index contributed by atoms with van der Waals surface area (Å²) in [5.41, 5.74) is 0.584. The Morgan fingerprint density at radius 1 is 1.07 bits per heavy atom. The molecule has 0 aliphatic rings. The number of halogens is 1. The Morgan fingerprint density at radius 2 is 1.83 bits per heavy atom. The molecule has 1 amide bonds. The van der Waals surface area contributed by atoms with E-state index in [1.54, 1.807) is 18.3 Å². The van der Waals surface area contributed by atoms with E-state index < -0.39 is 10.8 Å². The summed E-state index contributed by atoms with van der Waals surface area (Å²) in [4.78, 5) is 26.7. The number of nitro groups is 1. The molecule has 154 valence electrons. The first-order valence-corrected chi connectivity index (χ1v) is 9.38. The summed E-state index contributed by atoms with van der Waals surface area (Å²) in [6.07, 6.45) is 1.58. The molecule has 0 bridgehead atoms. The van der Waals surface area contributed by atoms with Gasteiger partial charge < -0.3 is 14.8 Å². The molecule has 1 heterocycles. The number of nitrogens with one attached hydrogen (secondary N) is 1. The molecule has 0 saturated heterocycles. The fraction of sp³-hybridized carbons (Fsp3) is 0.143. The van der Waals surface area contributed by atoms with Gasteiger partial charge in [-0.3, -0.25) is 14.9 Å². The summed E-state index contributed by atoms with van der Waals surface area (Å²) in [6, 6.07) is 16.8. The molecule has 0 aliphatic heterocycles. The van der Waals surface area contributed by atoms with Crippen LogP contribution in [-0.2, 0) is 6.54 Å². The van der Waals surface area contributed by atoms with Crippen molar-refractivity contribution in [2.24, 2.45) is 0 Å². The van der Waals surface area contributed by atoms with Crippen LogP contribution in [0.15, 0.2) is 66.9 Å². The average Bonchev–Trinajstić information content (AvgIpc) is 2.76. The molecule has 3 rings (SSSR count). The van der Waals surface area contributed by atoms with Gasteiger partial charge in [-0.1, -0.05) is 35.9 Å². The largest absolute Gasteiger partial charge is 0.490 e. The number of nitro benzene ring substituents is 1. The van der Waals surface area contributed by atoms with Crippen molar-refractivity contribution >= 4 is 23.2 Å². The lowest BCUT2D eigenvalue weighted by molar-refractivity contribution is -0.384. The third-order valence-corrected chi connectivity index (χ3v) is 4.32. The van der Waals surface area contributed by atoms with E-state index in [1.807, 2.05) is 30.3 Å². The smallest absolute Gasteiger partial charge is 0.288 e. The maximum Gasteiger partial charge on any atom is 0.288 e. The maximum absolute atomic E-state index is 12.2. The molecule has 0 spiro atoms. The number of nitrogens with zero attached hydrogens (tertiary/aromatic N) is 2. The molecule has 0 fully saturated rings. The minimum Gasteiger partial charge on any atom is -0.490 e. The first-order chi connectivity index (χ1) is 14.5. The lowest BCUT2D eigenvalue weighted by Gasteiger charge is -2.09. The number of rotatable bonds is 9. The molecule has 1 aromatic heterocycles. The van der Waals surface area contributed by atoms with E-state index in [9.17, 15) is 14.9 Å². The Kier molecular flexibility index (Phi) is 7.18. The van der Waals surface area contributed by atoms with Crippen molar-refractivity contribution in [1.82, 2.24) is 10.3 Å². The number of ether oxygens (including phenoxy) is 2. The topological polar surface area (TPSA) is 104 Å². The molecule has 0 aliphatic carbocycles. The number of para-hydroxylation sites is 1. The van der Waals surface area contributed by atoms with Crippen molar-refractivity contribution < 1.29 is 19.2 Å². The van der Waals surface area contributed by atoms with Gasteiger partial charge in [0.2, 0.25) is 5.88 Å². The van der Waals surface area contributed by atoms with Gasteiger partial charge in [-0.25, -0.2) is 4.98 Å². The second-order valence-electron chi connectivity index (χ2n) is 6.12. The third-order valence-electron chi connectivity index (χ3n) is 4.00. The van der Waals surface area contributed by atoms with Crippen molar-refractivity contribution in [3.8, 4) is 11.6 Å². The molecule has 3 aromatic rings. The van der Waals surface area contributed by atoms with E-state index in [-0.39, 0.29) is 22.8 Å². The number of hydrogen-bond donors (Lipinski definition) is 1. The zero-order valence-corrected chi connectivity index (χ0v) is 16.5. The van der Waals surface area contributed by atoms with E-state index in [2.05, 4.69) is 10.3 Å². The molecule has 0 unspecified atom stereocenters. The summed E-state index contributed by atoms with van der Waals surface area (Å²) in [7, 11) is 0. The quantitative estimate of drug-likeness (QED) is 0.314. The van der Waals surface area contributed by atoms with Crippen LogP contribution >= 0.6 is 11.6 Å². The highest BCUT2D eigenvalue weighted by Gasteiger charge is 2.16. The first-order valence-electron chi connectivity index (χ1n) is 9.00.